The number of non-ortho nitro benzene ring substituents is 1. The molecule has 0 bridgehead atoms. The number of rotatable bonds is 8. The van der Waals surface area contributed by atoms with Crippen LogP contribution in [0.3, 0.4) is 0 Å². The summed E-state index contributed by atoms with van der Waals surface area (Å²) in [6.45, 7) is 0.196. The second kappa shape index (κ2) is 10.3. The van der Waals surface area contributed by atoms with E-state index in [2.05, 4.69) is 31.4 Å². The quantitative estimate of drug-likeness (QED) is 0.292. The molecule has 3 aromatic rings. The van der Waals surface area contributed by atoms with Crippen LogP contribution < -0.4 is 14.9 Å². The molecule has 0 aliphatic rings. The molecule has 1 amide bonds. The van der Waals surface area contributed by atoms with Crippen LogP contribution >= 0.6 is 15.9 Å². The number of carbonyl (C=O) groups excluding carboxylic acids is 1. The molecule has 0 aliphatic heterocycles. The lowest BCUT2D eigenvalue weighted by atomic mass is 10.2. The van der Waals surface area contributed by atoms with Crippen LogP contribution in [0.15, 0.2) is 70.5 Å². The zero-order chi connectivity index (χ0) is 22.2. The number of nitrogens with one attached hydrogen (secondary N) is 1. The van der Waals surface area contributed by atoms with Crippen LogP contribution in [0.5, 0.6) is 11.5 Å². The Morgan fingerprint density at radius 2 is 2.06 bits per heavy atom. The molecule has 1 heterocycles. The third-order valence-corrected chi connectivity index (χ3v) is 4.67. The molecule has 9 nitrogen and oxygen atoms in total. The molecule has 0 radical (unpaired) electrons. The lowest BCUT2D eigenvalue weighted by Crippen LogP contribution is -2.17. The molecular formula is C21H17BrN4O5. The molecule has 0 atom stereocenters. The van der Waals surface area contributed by atoms with Gasteiger partial charge in [-0.3, -0.25) is 19.9 Å². The maximum absolute atomic E-state index is 12.0. The van der Waals surface area contributed by atoms with Crippen LogP contribution in [0.25, 0.3) is 0 Å². The van der Waals surface area contributed by atoms with E-state index in [1.54, 1.807) is 42.6 Å². The number of benzene rings is 2. The zero-order valence-corrected chi connectivity index (χ0v) is 17.9. The summed E-state index contributed by atoms with van der Waals surface area (Å²) in [5, 5.41) is 14.7. The predicted octanol–water partition coefficient (Wildman–Crippen LogP) is 4.10. The minimum Gasteiger partial charge on any atom is -0.493 e. The smallest absolute Gasteiger partial charge is 0.272 e. The van der Waals surface area contributed by atoms with Crippen LogP contribution in [-0.2, 0) is 6.61 Å². The van der Waals surface area contributed by atoms with Crippen molar-refractivity contribution < 1.29 is 19.2 Å². The van der Waals surface area contributed by atoms with Gasteiger partial charge in [-0.2, -0.15) is 5.10 Å². The largest absolute Gasteiger partial charge is 0.493 e. The average Bonchev–Trinajstić information content (AvgIpc) is 2.78. The van der Waals surface area contributed by atoms with E-state index in [4.69, 9.17) is 9.47 Å². The van der Waals surface area contributed by atoms with E-state index in [0.717, 1.165) is 5.56 Å². The number of amides is 1. The molecule has 0 saturated carbocycles. The number of nitrogens with zero attached hydrogens (tertiary/aromatic N) is 3. The van der Waals surface area contributed by atoms with Crippen LogP contribution in [0.4, 0.5) is 5.69 Å². The lowest BCUT2D eigenvalue weighted by molar-refractivity contribution is -0.384. The number of hydrazone groups is 1. The SMILES string of the molecule is COc1cc(C=NNC(=O)c2cccnc2)cc(Br)c1OCc1ccc([N+](=O)[O-])cc1. The van der Waals surface area contributed by atoms with Crippen LogP contribution in [-0.4, -0.2) is 29.1 Å². The number of methoxy groups -OCH3 is 1. The van der Waals surface area contributed by atoms with Crippen molar-refractivity contribution in [2.75, 3.05) is 7.11 Å². The lowest BCUT2D eigenvalue weighted by Gasteiger charge is -2.13. The number of nitro groups is 1. The maximum Gasteiger partial charge on any atom is 0.272 e. The Kier molecular flexibility index (Phi) is 7.28. The van der Waals surface area contributed by atoms with Crippen LogP contribution in [0.1, 0.15) is 21.5 Å². The van der Waals surface area contributed by atoms with Gasteiger partial charge in [-0.15, -0.1) is 0 Å². The molecule has 31 heavy (non-hydrogen) atoms. The fourth-order valence-corrected chi connectivity index (χ4v) is 3.13. The van der Waals surface area contributed by atoms with E-state index in [1.165, 1.54) is 31.7 Å². The summed E-state index contributed by atoms with van der Waals surface area (Å²) >= 11 is 3.45. The fraction of sp³-hybridized carbons (Fsp3) is 0.0952. The summed E-state index contributed by atoms with van der Waals surface area (Å²) in [6, 6.07) is 12.9. The topological polar surface area (TPSA) is 116 Å². The van der Waals surface area contributed by atoms with Crippen molar-refractivity contribution in [3.8, 4) is 11.5 Å². The van der Waals surface area contributed by atoms with E-state index >= 15 is 0 Å². The summed E-state index contributed by atoms with van der Waals surface area (Å²) in [6.07, 6.45) is 4.50. The Hall–Kier alpha value is -3.79. The maximum atomic E-state index is 12.0. The molecule has 0 fully saturated rings. The molecule has 0 spiro atoms. The zero-order valence-electron chi connectivity index (χ0n) is 16.3. The standard InChI is InChI=1S/C21H17BrN4O5/c1-30-19-10-15(11-24-25-21(27)16-3-2-8-23-12-16)9-18(22)20(19)31-13-14-4-6-17(7-5-14)26(28)29/h2-12H,13H2,1H3,(H,25,27). The molecule has 10 heteroatoms. The summed E-state index contributed by atoms with van der Waals surface area (Å²) in [7, 11) is 1.51. The first-order valence-corrected chi connectivity index (χ1v) is 9.74. The van der Waals surface area contributed by atoms with Gasteiger partial charge in [0, 0.05) is 24.5 Å². The fourth-order valence-electron chi connectivity index (χ4n) is 2.55. The van der Waals surface area contributed by atoms with Crippen LogP contribution in [0.2, 0.25) is 0 Å². The second-order valence-corrected chi connectivity index (χ2v) is 7.04. The highest BCUT2D eigenvalue weighted by Gasteiger charge is 2.12. The summed E-state index contributed by atoms with van der Waals surface area (Å²) < 4.78 is 11.9. The van der Waals surface area contributed by atoms with Gasteiger partial charge >= 0.3 is 0 Å². The van der Waals surface area contributed by atoms with E-state index in [1.807, 2.05) is 0 Å². The predicted molar refractivity (Wildman–Crippen MR) is 117 cm³/mol. The molecular weight excluding hydrogens is 468 g/mol. The van der Waals surface area contributed by atoms with Crippen molar-refractivity contribution in [3.63, 3.8) is 0 Å². The number of carbonyl (C=O) groups is 1. The van der Waals surface area contributed by atoms with Crippen LogP contribution in [0, 0.1) is 10.1 Å². The highest BCUT2D eigenvalue weighted by Crippen LogP contribution is 2.37. The monoisotopic (exact) mass is 484 g/mol. The first kappa shape index (κ1) is 21.9. The van der Waals surface area contributed by atoms with Gasteiger partial charge in [-0.1, -0.05) is 0 Å². The van der Waals surface area contributed by atoms with Gasteiger partial charge in [0.05, 0.1) is 28.3 Å². The highest BCUT2D eigenvalue weighted by atomic mass is 79.9. The van der Waals surface area contributed by atoms with Crippen molar-refractivity contribution in [2.45, 2.75) is 6.61 Å². The highest BCUT2D eigenvalue weighted by molar-refractivity contribution is 9.10. The van der Waals surface area contributed by atoms with Gasteiger partial charge in [-0.25, -0.2) is 5.43 Å². The van der Waals surface area contributed by atoms with Crippen molar-refractivity contribution in [2.24, 2.45) is 5.10 Å². The molecule has 0 aliphatic carbocycles. The van der Waals surface area contributed by atoms with E-state index in [-0.39, 0.29) is 18.2 Å². The number of ether oxygens (including phenoxy) is 2. The third-order valence-electron chi connectivity index (χ3n) is 4.09. The molecule has 1 aromatic heterocycles. The van der Waals surface area contributed by atoms with Crippen molar-refractivity contribution in [3.05, 3.63) is 92.2 Å². The molecule has 0 unspecified atom stereocenters. The molecule has 1 N–H and O–H groups in total. The first-order chi connectivity index (χ1) is 15.0. The summed E-state index contributed by atoms with van der Waals surface area (Å²) in [5.74, 6) is 0.548. The number of nitro benzene ring substituents is 1. The third kappa shape index (κ3) is 5.86. The Bertz CT molecular complexity index is 1100. The number of hydrogen-bond donors (Lipinski definition) is 1. The molecule has 0 saturated heterocycles. The summed E-state index contributed by atoms with van der Waals surface area (Å²) in [4.78, 5) is 26.2. The second-order valence-electron chi connectivity index (χ2n) is 6.19. The van der Waals surface area contributed by atoms with Gasteiger partial charge in [0.25, 0.3) is 11.6 Å². The van der Waals surface area contributed by atoms with Gasteiger partial charge < -0.3 is 9.47 Å². The Balaban J connectivity index is 1.68. The van der Waals surface area contributed by atoms with Gasteiger partial charge in [0.15, 0.2) is 11.5 Å². The summed E-state index contributed by atoms with van der Waals surface area (Å²) in [5.41, 5.74) is 4.28. The van der Waals surface area contributed by atoms with E-state index in [9.17, 15) is 14.9 Å². The Morgan fingerprint density at radius 1 is 1.29 bits per heavy atom. The Labute approximate surface area is 186 Å². The van der Waals surface area contributed by atoms with Crippen molar-refractivity contribution >= 4 is 33.7 Å². The van der Waals surface area contributed by atoms with Gasteiger partial charge in [0.1, 0.15) is 6.61 Å². The van der Waals surface area contributed by atoms with Gasteiger partial charge in [-0.05, 0) is 63.5 Å². The first-order valence-electron chi connectivity index (χ1n) is 8.95. The minimum absolute atomic E-state index is 0.0155. The number of hydrogen-bond acceptors (Lipinski definition) is 7. The molecule has 3 rings (SSSR count). The minimum atomic E-state index is -0.455. The number of halogens is 1. The molecule has 2 aromatic carbocycles. The average molecular weight is 485 g/mol. The number of pyridine rings is 1. The van der Waals surface area contributed by atoms with Crippen molar-refractivity contribution in [1.82, 2.24) is 10.4 Å². The Morgan fingerprint density at radius 3 is 2.71 bits per heavy atom. The molecule has 158 valence electrons. The normalized spacial score (nSPS) is 10.6. The number of aromatic nitrogens is 1. The van der Waals surface area contributed by atoms with E-state index < -0.39 is 4.92 Å². The van der Waals surface area contributed by atoms with E-state index in [0.29, 0.717) is 27.1 Å². The van der Waals surface area contributed by atoms with Crippen molar-refractivity contribution in [1.29, 1.82) is 0 Å². The van der Waals surface area contributed by atoms with Gasteiger partial charge in [0.2, 0.25) is 0 Å².